The van der Waals surface area contributed by atoms with E-state index in [1.54, 1.807) is 0 Å². The molecule has 9 unspecified atom stereocenters. The van der Waals surface area contributed by atoms with E-state index in [9.17, 15) is 46.0 Å². The summed E-state index contributed by atoms with van der Waals surface area (Å²) in [5, 5.41) is 92.5. The van der Waals surface area contributed by atoms with Crippen molar-refractivity contribution in [1.29, 1.82) is 0 Å². The molecule has 4 saturated carbocycles. The van der Waals surface area contributed by atoms with Crippen LogP contribution in [0.2, 0.25) is 0 Å². The summed E-state index contributed by atoms with van der Waals surface area (Å²) >= 11 is 0. The standard InChI is InChI=1S/C39H66O14/c1-18(17-49-35-33(46)31(44)29(42)26(15-40)51-35)7-12-39(48)19(2)28-25(53-39)14-24-22-6-5-20-13-21(8-10-37(20,3)23(22)9-11-38(24,28)4)50-36-34(47)32(45)30(43)27(16-41)52-36/h18-36,40-48H,5-17H2,1-4H3/t18-,19+,20?,21?,22?,23?,24?,25?,26-,27-,28?,29-,30+,31+,32+,33-,34-,35-,36-,37?,38?,39-/m1/s1. The van der Waals surface area contributed by atoms with Gasteiger partial charge in [-0.3, -0.25) is 0 Å². The number of aliphatic hydroxyl groups excluding tert-OH is 8. The Morgan fingerprint density at radius 2 is 1.36 bits per heavy atom. The zero-order valence-corrected chi connectivity index (χ0v) is 31.7. The van der Waals surface area contributed by atoms with Gasteiger partial charge in [-0.25, -0.2) is 0 Å². The highest BCUT2D eigenvalue weighted by Gasteiger charge is 2.68. The normalized spacial score (nSPS) is 55.9. The average molecular weight is 759 g/mol. The van der Waals surface area contributed by atoms with E-state index in [2.05, 4.69) is 20.8 Å². The monoisotopic (exact) mass is 758 g/mol. The van der Waals surface area contributed by atoms with Gasteiger partial charge in [0.05, 0.1) is 32.0 Å². The zero-order valence-electron chi connectivity index (χ0n) is 31.7. The van der Waals surface area contributed by atoms with E-state index in [1.165, 1.54) is 0 Å². The summed E-state index contributed by atoms with van der Waals surface area (Å²) in [7, 11) is 0. The van der Waals surface area contributed by atoms with E-state index in [0.29, 0.717) is 36.5 Å². The topological polar surface area (TPSA) is 228 Å². The molecular weight excluding hydrogens is 692 g/mol. The molecule has 4 aliphatic carbocycles. The third-order valence-electron chi connectivity index (χ3n) is 15.9. The van der Waals surface area contributed by atoms with Crippen LogP contribution >= 0.6 is 0 Å². The van der Waals surface area contributed by atoms with Crippen molar-refractivity contribution in [2.24, 2.45) is 52.3 Å². The summed E-state index contributed by atoms with van der Waals surface area (Å²) in [6, 6.07) is 0. The molecule has 53 heavy (non-hydrogen) atoms. The Labute approximate surface area is 312 Å². The van der Waals surface area contributed by atoms with Crippen molar-refractivity contribution in [3.05, 3.63) is 0 Å². The predicted molar refractivity (Wildman–Crippen MR) is 186 cm³/mol. The van der Waals surface area contributed by atoms with Crippen LogP contribution in [-0.4, -0.2) is 145 Å². The molecule has 0 spiro atoms. The second kappa shape index (κ2) is 15.3. The quantitative estimate of drug-likeness (QED) is 0.138. The molecule has 0 aromatic heterocycles. The van der Waals surface area contributed by atoms with Crippen LogP contribution in [0.5, 0.6) is 0 Å². The first-order valence-electron chi connectivity index (χ1n) is 20.3. The van der Waals surface area contributed by atoms with Gasteiger partial charge in [0.1, 0.15) is 48.8 Å². The molecule has 14 heteroatoms. The van der Waals surface area contributed by atoms with E-state index in [-0.39, 0.29) is 47.4 Å². The SMILES string of the molecule is C[C@H](CC[C@@]1(O)OC2CC3C4CCC5CC(O[C@@H]6O[C@H](CO)[C@H](O)[C@H](O)[C@H]6O)CCC5(C)C4CCC3(C)C2[C@@H]1C)CO[C@@H]1O[C@H](CO)[C@@H](O)[C@H](O)[C@H]1O. The van der Waals surface area contributed by atoms with Crippen molar-refractivity contribution < 1.29 is 69.6 Å². The van der Waals surface area contributed by atoms with Crippen LogP contribution in [0, 0.1) is 52.3 Å². The summed E-state index contributed by atoms with van der Waals surface area (Å²) in [4.78, 5) is 0. The maximum absolute atomic E-state index is 12.0. The highest BCUT2D eigenvalue weighted by atomic mass is 16.7. The molecule has 0 radical (unpaired) electrons. The first-order valence-corrected chi connectivity index (χ1v) is 20.3. The summed E-state index contributed by atoms with van der Waals surface area (Å²) in [6.45, 7) is 8.25. The molecule has 306 valence electrons. The Morgan fingerprint density at radius 3 is 2.02 bits per heavy atom. The van der Waals surface area contributed by atoms with Crippen molar-refractivity contribution in [2.75, 3.05) is 19.8 Å². The highest BCUT2D eigenvalue weighted by Crippen LogP contribution is 2.71. The third kappa shape index (κ3) is 6.96. The molecule has 7 aliphatic rings. The second-order valence-electron chi connectivity index (χ2n) is 18.7. The molecule has 0 aromatic carbocycles. The van der Waals surface area contributed by atoms with Crippen molar-refractivity contribution in [1.82, 2.24) is 0 Å². The van der Waals surface area contributed by atoms with Crippen LogP contribution in [0.15, 0.2) is 0 Å². The summed E-state index contributed by atoms with van der Waals surface area (Å²) in [5.74, 6) is 1.11. The Bertz CT molecular complexity index is 1260. The lowest BCUT2D eigenvalue weighted by Crippen LogP contribution is -2.60. The lowest BCUT2D eigenvalue weighted by Gasteiger charge is -2.61. The lowest BCUT2D eigenvalue weighted by molar-refractivity contribution is -0.316. The van der Waals surface area contributed by atoms with Crippen molar-refractivity contribution >= 4 is 0 Å². The predicted octanol–water partition coefficient (Wildman–Crippen LogP) is 0.397. The number of fused-ring (bicyclic) bond motifs is 7. The molecule has 0 amide bonds. The van der Waals surface area contributed by atoms with Gasteiger partial charge in [-0.05, 0) is 104 Å². The van der Waals surface area contributed by atoms with Crippen LogP contribution in [-0.2, 0) is 23.7 Å². The van der Waals surface area contributed by atoms with E-state index < -0.39 is 80.4 Å². The van der Waals surface area contributed by atoms with Crippen molar-refractivity contribution in [3.63, 3.8) is 0 Å². The van der Waals surface area contributed by atoms with E-state index in [1.807, 2.05) is 6.92 Å². The van der Waals surface area contributed by atoms with Gasteiger partial charge in [0.2, 0.25) is 0 Å². The number of ether oxygens (including phenoxy) is 5. The number of hydrogen-bond acceptors (Lipinski definition) is 14. The Hall–Kier alpha value is -0.560. The van der Waals surface area contributed by atoms with Crippen molar-refractivity contribution in [2.45, 2.75) is 171 Å². The lowest BCUT2D eigenvalue weighted by atomic mass is 9.44. The summed E-state index contributed by atoms with van der Waals surface area (Å²) < 4.78 is 29.8. The fourth-order valence-electron chi connectivity index (χ4n) is 12.7. The van der Waals surface area contributed by atoms with Gasteiger partial charge in [0.25, 0.3) is 0 Å². The van der Waals surface area contributed by atoms with E-state index in [4.69, 9.17) is 23.7 Å². The Balaban J connectivity index is 0.931. The molecule has 0 bridgehead atoms. The minimum Gasteiger partial charge on any atom is -0.394 e. The fraction of sp³-hybridized carbons (Fsp3) is 1.00. The number of rotatable bonds is 10. The molecule has 0 aromatic rings. The third-order valence-corrected chi connectivity index (χ3v) is 15.9. The van der Waals surface area contributed by atoms with Crippen LogP contribution in [0.3, 0.4) is 0 Å². The van der Waals surface area contributed by atoms with Crippen molar-refractivity contribution in [3.8, 4) is 0 Å². The number of aliphatic hydroxyl groups is 9. The smallest absolute Gasteiger partial charge is 0.186 e. The molecular formula is C39H66O14. The minimum atomic E-state index is -1.49. The maximum atomic E-state index is 12.0. The van der Waals surface area contributed by atoms with Gasteiger partial charge in [0.15, 0.2) is 18.4 Å². The molecule has 9 N–H and O–H groups in total. The molecule has 7 fully saturated rings. The maximum Gasteiger partial charge on any atom is 0.186 e. The number of hydrogen-bond donors (Lipinski definition) is 9. The van der Waals surface area contributed by atoms with Gasteiger partial charge in [-0.15, -0.1) is 0 Å². The molecule has 3 saturated heterocycles. The Kier molecular flexibility index (Phi) is 11.7. The van der Waals surface area contributed by atoms with Gasteiger partial charge in [-0.1, -0.05) is 27.7 Å². The first-order chi connectivity index (χ1) is 25.1. The molecule has 7 rings (SSSR count). The summed E-state index contributed by atoms with van der Waals surface area (Å²) in [5.41, 5.74) is 0.235. The van der Waals surface area contributed by atoms with Gasteiger partial charge in [-0.2, -0.15) is 0 Å². The minimum absolute atomic E-state index is 0.00220. The van der Waals surface area contributed by atoms with E-state index in [0.717, 1.165) is 51.4 Å². The molecule has 3 aliphatic heterocycles. The molecule has 22 atom stereocenters. The largest absolute Gasteiger partial charge is 0.394 e. The average Bonchev–Trinajstić information content (AvgIpc) is 3.57. The zero-order chi connectivity index (χ0) is 38.2. The van der Waals surface area contributed by atoms with Gasteiger partial charge in [0, 0.05) is 12.3 Å². The highest BCUT2D eigenvalue weighted by molar-refractivity contribution is 5.15. The fourth-order valence-corrected chi connectivity index (χ4v) is 12.7. The van der Waals surface area contributed by atoms with Crippen LogP contribution in [0.4, 0.5) is 0 Å². The molecule has 14 nitrogen and oxygen atoms in total. The Morgan fingerprint density at radius 1 is 0.736 bits per heavy atom. The van der Waals surface area contributed by atoms with Gasteiger partial charge >= 0.3 is 0 Å². The first kappa shape index (κ1) is 40.6. The van der Waals surface area contributed by atoms with Crippen LogP contribution in [0.25, 0.3) is 0 Å². The summed E-state index contributed by atoms with van der Waals surface area (Å²) in [6.07, 6.45) is -3.89. The van der Waals surface area contributed by atoms with Crippen LogP contribution in [0.1, 0.15) is 91.9 Å². The van der Waals surface area contributed by atoms with Gasteiger partial charge < -0.3 is 69.6 Å². The second-order valence-corrected chi connectivity index (χ2v) is 18.7. The van der Waals surface area contributed by atoms with Crippen LogP contribution < -0.4 is 0 Å². The molecule has 3 heterocycles. The van der Waals surface area contributed by atoms with E-state index >= 15 is 0 Å².